The molecule has 0 saturated carbocycles. The first-order valence-electron chi connectivity index (χ1n) is 5.90. The highest BCUT2D eigenvalue weighted by atomic mass is 32.2. The van der Waals surface area contributed by atoms with E-state index in [2.05, 4.69) is 0 Å². The van der Waals surface area contributed by atoms with Gasteiger partial charge >= 0.3 is 5.97 Å². The molecule has 0 spiro atoms. The molecule has 0 atom stereocenters. The fraction of sp³-hybridized carbons (Fsp3) is 0.462. The molecule has 1 N–H and O–H groups in total. The van der Waals surface area contributed by atoms with Crippen LogP contribution in [0.1, 0.15) is 25.8 Å². The van der Waals surface area contributed by atoms with Crippen LogP contribution in [0.25, 0.3) is 0 Å². The molecule has 0 aliphatic carbocycles. The summed E-state index contributed by atoms with van der Waals surface area (Å²) in [5.74, 6) is -4.25. The summed E-state index contributed by atoms with van der Waals surface area (Å²) in [6, 6.07) is 0.807. The van der Waals surface area contributed by atoms with E-state index >= 15 is 0 Å². The molecule has 0 amide bonds. The Kier molecular flexibility index (Phi) is 4.62. The van der Waals surface area contributed by atoms with Gasteiger partial charge in [-0.25, -0.2) is 17.2 Å². The van der Waals surface area contributed by atoms with E-state index in [4.69, 9.17) is 9.84 Å². The number of carboxylic acids is 1. The Morgan fingerprint density at radius 1 is 1.38 bits per heavy atom. The monoisotopic (exact) mass is 322 g/mol. The molecule has 8 heteroatoms. The second-order valence-electron chi connectivity index (χ2n) is 5.31. The van der Waals surface area contributed by atoms with E-state index < -0.39 is 49.9 Å². The van der Waals surface area contributed by atoms with Crippen molar-refractivity contribution in [2.24, 2.45) is 0 Å². The summed E-state index contributed by atoms with van der Waals surface area (Å²) < 4.78 is 56.0. The number of rotatable bonds is 5. The Morgan fingerprint density at radius 3 is 2.29 bits per heavy atom. The third kappa shape index (κ3) is 3.49. The molecule has 118 valence electrons. The number of benzene rings is 1. The lowest BCUT2D eigenvalue weighted by Crippen LogP contribution is -2.24. The van der Waals surface area contributed by atoms with E-state index in [9.17, 15) is 22.0 Å². The molecule has 0 saturated heterocycles. The van der Waals surface area contributed by atoms with E-state index in [1.807, 2.05) is 0 Å². The maximum atomic E-state index is 14.3. The van der Waals surface area contributed by atoms with Gasteiger partial charge in [-0.2, -0.15) is 0 Å². The number of sulfone groups is 1. The smallest absolute Gasteiger partial charge is 0.304 e. The van der Waals surface area contributed by atoms with Crippen molar-refractivity contribution in [3.63, 3.8) is 0 Å². The predicted molar refractivity (Wildman–Crippen MR) is 71.3 cm³/mol. The Labute approximate surface area is 121 Å². The van der Waals surface area contributed by atoms with Crippen LogP contribution in [0.2, 0.25) is 0 Å². The molecule has 0 fully saturated rings. The van der Waals surface area contributed by atoms with Crippen LogP contribution in [0.3, 0.4) is 0 Å². The largest absolute Gasteiger partial charge is 0.493 e. The van der Waals surface area contributed by atoms with Gasteiger partial charge in [0.1, 0.15) is 10.7 Å². The van der Waals surface area contributed by atoms with Crippen LogP contribution in [0, 0.1) is 11.6 Å². The fourth-order valence-corrected chi connectivity index (χ4v) is 2.93. The van der Waals surface area contributed by atoms with Crippen molar-refractivity contribution in [3.8, 4) is 5.75 Å². The highest BCUT2D eigenvalue weighted by Gasteiger charge is 2.34. The van der Waals surface area contributed by atoms with Crippen LogP contribution in [-0.4, -0.2) is 32.9 Å². The van der Waals surface area contributed by atoms with Crippen molar-refractivity contribution in [1.29, 1.82) is 0 Å². The van der Waals surface area contributed by atoms with Crippen LogP contribution >= 0.6 is 0 Å². The number of hydrogen-bond donors (Lipinski definition) is 1. The minimum atomic E-state index is -4.13. The highest BCUT2D eigenvalue weighted by Crippen LogP contribution is 2.39. The van der Waals surface area contributed by atoms with Crippen molar-refractivity contribution < 1.29 is 31.8 Å². The molecule has 0 radical (unpaired) electrons. The van der Waals surface area contributed by atoms with E-state index in [0.29, 0.717) is 6.26 Å². The average molecular weight is 322 g/mol. The van der Waals surface area contributed by atoms with Crippen molar-refractivity contribution in [3.05, 3.63) is 23.3 Å². The maximum Gasteiger partial charge on any atom is 0.304 e. The standard InChI is InChI=1S/C13H16F2O5S/c1-13(2,6-9(16)17)7-5-8(14)12(21(4,18)19)10(15)11(7)20-3/h5H,6H2,1-4H3,(H,16,17). The second kappa shape index (κ2) is 5.59. The quantitative estimate of drug-likeness (QED) is 0.898. The predicted octanol–water partition coefficient (Wildman–Crippen LogP) is 2.13. The van der Waals surface area contributed by atoms with Crippen LogP contribution in [0.15, 0.2) is 11.0 Å². The number of carbonyl (C=O) groups is 1. The Bertz CT molecular complexity index is 680. The van der Waals surface area contributed by atoms with Gasteiger partial charge in [-0.05, 0) is 6.07 Å². The molecule has 0 unspecified atom stereocenters. The molecular weight excluding hydrogens is 306 g/mol. The van der Waals surface area contributed by atoms with E-state index in [0.717, 1.165) is 13.2 Å². The van der Waals surface area contributed by atoms with E-state index in [-0.39, 0.29) is 5.56 Å². The molecule has 0 bridgehead atoms. The molecule has 5 nitrogen and oxygen atoms in total. The Balaban J connectivity index is 3.69. The van der Waals surface area contributed by atoms with Crippen LogP contribution in [0.5, 0.6) is 5.75 Å². The lowest BCUT2D eigenvalue weighted by molar-refractivity contribution is -0.138. The van der Waals surface area contributed by atoms with Gasteiger partial charge in [0.25, 0.3) is 0 Å². The van der Waals surface area contributed by atoms with Crippen LogP contribution in [-0.2, 0) is 20.0 Å². The first-order valence-corrected chi connectivity index (χ1v) is 7.79. The fourth-order valence-electron chi connectivity index (χ4n) is 2.10. The maximum absolute atomic E-state index is 14.3. The minimum absolute atomic E-state index is 0.0465. The summed E-state index contributed by atoms with van der Waals surface area (Å²) in [6.45, 7) is 2.94. The van der Waals surface area contributed by atoms with Gasteiger partial charge in [0.2, 0.25) is 0 Å². The highest BCUT2D eigenvalue weighted by molar-refractivity contribution is 7.90. The molecule has 0 aromatic heterocycles. The molecule has 1 rings (SSSR count). The molecule has 0 aliphatic rings. The minimum Gasteiger partial charge on any atom is -0.493 e. The summed E-state index contributed by atoms with van der Waals surface area (Å²) in [5.41, 5.74) is -1.19. The number of hydrogen-bond acceptors (Lipinski definition) is 4. The topological polar surface area (TPSA) is 80.7 Å². The summed E-state index contributed by atoms with van der Waals surface area (Å²) >= 11 is 0. The van der Waals surface area contributed by atoms with Crippen molar-refractivity contribution in [2.75, 3.05) is 13.4 Å². The third-order valence-corrected chi connectivity index (χ3v) is 4.14. The molecule has 1 aromatic carbocycles. The van der Waals surface area contributed by atoms with Gasteiger partial charge in [-0.15, -0.1) is 0 Å². The molecular formula is C13H16F2O5S. The first-order chi connectivity index (χ1) is 9.41. The van der Waals surface area contributed by atoms with Crippen molar-refractivity contribution in [2.45, 2.75) is 30.6 Å². The summed E-state index contributed by atoms with van der Waals surface area (Å²) in [4.78, 5) is 9.77. The lowest BCUT2D eigenvalue weighted by atomic mass is 9.81. The average Bonchev–Trinajstić information content (AvgIpc) is 2.24. The van der Waals surface area contributed by atoms with Crippen molar-refractivity contribution in [1.82, 2.24) is 0 Å². The number of methoxy groups -OCH3 is 1. The van der Waals surface area contributed by atoms with Gasteiger partial charge in [0.05, 0.1) is 13.5 Å². The Hall–Kier alpha value is -1.70. The second-order valence-corrected chi connectivity index (χ2v) is 7.26. The third-order valence-electron chi connectivity index (χ3n) is 3.03. The van der Waals surface area contributed by atoms with Gasteiger partial charge in [0.15, 0.2) is 21.4 Å². The Morgan fingerprint density at radius 2 is 1.90 bits per heavy atom. The number of carboxylic acid groups (broad SMARTS) is 1. The van der Waals surface area contributed by atoms with Crippen LogP contribution < -0.4 is 4.74 Å². The molecule has 21 heavy (non-hydrogen) atoms. The van der Waals surface area contributed by atoms with Gasteiger partial charge in [-0.1, -0.05) is 13.8 Å². The molecule has 0 aliphatic heterocycles. The van der Waals surface area contributed by atoms with E-state index in [1.165, 1.54) is 13.8 Å². The van der Waals surface area contributed by atoms with Gasteiger partial charge in [0, 0.05) is 17.2 Å². The summed E-state index contributed by atoms with van der Waals surface area (Å²) in [5, 5.41) is 8.87. The van der Waals surface area contributed by atoms with Gasteiger partial charge < -0.3 is 9.84 Å². The lowest BCUT2D eigenvalue weighted by Gasteiger charge is -2.26. The number of aliphatic carboxylic acids is 1. The van der Waals surface area contributed by atoms with E-state index in [1.54, 1.807) is 0 Å². The molecule has 0 heterocycles. The van der Waals surface area contributed by atoms with Gasteiger partial charge in [-0.3, -0.25) is 4.79 Å². The number of halogens is 2. The summed E-state index contributed by atoms with van der Waals surface area (Å²) in [7, 11) is -3.03. The van der Waals surface area contributed by atoms with Crippen molar-refractivity contribution >= 4 is 15.8 Å². The first kappa shape index (κ1) is 17.4. The molecule has 1 aromatic rings. The zero-order chi connectivity index (χ0) is 16.6. The SMILES string of the molecule is COc1c(C(C)(C)CC(=O)O)cc(F)c(S(C)(=O)=O)c1F. The summed E-state index contributed by atoms with van der Waals surface area (Å²) in [6.07, 6.45) is 0.274. The number of ether oxygens (including phenoxy) is 1. The zero-order valence-corrected chi connectivity index (χ0v) is 12.8. The zero-order valence-electron chi connectivity index (χ0n) is 12.0. The normalized spacial score (nSPS) is 12.3. The van der Waals surface area contributed by atoms with Crippen LogP contribution in [0.4, 0.5) is 8.78 Å².